The van der Waals surface area contributed by atoms with Crippen molar-refractivity contribution in [3.63, 3.8) is 0 Å². The van der Waals surface area contributed by atoms with Crippen LogP contribution in [0.1, 0.15) is 142 Å². The number of nitrogens with zero attached hydrogens (tertiary/aromatic N) is 2. The summed E-state index contributed by atoms with van der Waals surface area (Å²) in [5.41, 5.74) is 4.17. The van der Waals surface area contributed by atoms with Gasteiger partial charge in [0.05, 0.1) is 33.4 Å². The van der Waals surface area contributed by atoms with Gasteiger partial charge in [0.25, 0.3) is 5.69 Å². The van der Waals surface area contributed by atoms with Crippen LogP contribution in [0.25, 0.3) is 11.1 Å². The van der Waals surface area contributed by atoms with Gasteiger partial charge in [-0.15, -0.1) is 0 Å². The maximum Gasteiger partial charge on any atom is 0.410 e. The van der Waals surface area contributed by atoms with Crippen LogP contribution < -0.4 is 41.2 Å². The van der Waals surface area contributed by atoms with E-state index in [2.05, 4.69) is 21.3 Å². The van der Waals surface area contributed by atoms with Crippen molar-refractivity contribution in [2.45, 2.75) is 164 Å². The van der Waals surface area contributed by atoms with E-state index in [0.29, 0.717) is 17.4 Å². The summed E-state index contributed by atoms with van der Waals surface area (Å²) in [6.07, 6.45) is -13.9. The third-order valence-corrected chi connectivity index (χ3v) is 23.4. The highest BCUT2D eigenvalue weighted by Gasteiger charge is 2.51. The van der Waals surface area contributed by atoms with E-state index in [1.807, 2.05) is 0 Å². The van der Waals surface area contributed by atoms with Gasteiger partial charge in [-0.25, -0.2) is 4.79 Å². The molecule has 0 unspecified atom stereocenters. The lowest BCUT2D eigenvalue weighted by Crippen LogP contribution is -2.60. The van der Waals surface area contributed by atoms with Gasteiger partial charge in [0.2, 0.25) is 41.6 Å². The number of amides is 6. The first-order valence-electron chi connectivity index (χ1n) is 37.3. The molecule has 4 aliphatic carbocycles. The van der Waals surface area contributed by atoms with E-state index in [0.717, 1.165) is 79.5 Å². The van der Waals surface area contributed by atoms with Crippen LogP contribution in [0.3, 0.4) is 0 Å². The van der Waals surface area contributed by atoms with E-state index in [1.165, 1.54) is 67.7 Å². The van der Waals surface area contributed by atoms with Crippen LogP contribution in [0.2, 0.25) is 10.0 Å². The number of aromatic hydroxyl groups is 3. The fourth-order valence-corrected chi connectivity index (χ4v) is 17.6. The number of carbonyl (C=O) groups is 9. The molecule has 604 valence electrons. The van der Waals surface area contributed by atoms with Gasteiger partial charge in [0.1, 0.15) is 102 Å². The van der Waals surface area contributed by atoms with Crippen molar-refractivity contribution >= 4 is 81.9 Å². The van der Waals surface area contributed by atoms with Gasteiger partial charge in [-0.1, -0.05) is 55.2 Å². The van der Waals surface area contributed by atoms with Crippen molar-refractivity contribution in [3.05, 3.63) is 157 Å². The van der Waals surface area contributed by atoms with Crippen molar-refractivity contribution in [2.24, 2.45) is 47.2 Å². The second-order valence-corrected chi connectivity index (χ2v) is 31.8. The molecule has 15 bridgehead atoms. The number of fused-ring (bicyclic) bond motifs is 15. The van der Waals surface area contributed by atoms with Crippen LogP contribution in [-0.2, 0) is 54.4 Å². The molecule has 6 amide bonds. The number of primary amides is 1. The number of non-ortho nitro benzene ring substituents is 1. The number of likely N-dealkylation sites (N-methyl/N-ethyl adjacent to an activating group) is 1. The summed E-state index contributed by atoms with van der Waals surface area (Å²) in [5, 5.41) is 126. The second kappa shape index (κ2) is 33.5. The first-order chi connectivity index (χ1) is 54.2. The fraction of sp³-hybridized carbons (Fsp3) is 0.438. The smallest absolute Gasteiger partial charge is 0.410 e. The average molecular weight is 1620 g/mol. The molecule has 1 saturated heterocycles. The number of carbonyl (C=O) groups excluding carboxylic acids is 9. The molecule has 6 aromatic rings. The van der Waals surface area contributed by atoms with Crippen molar-refractivity contribution in [1.82, 2.24) is 26.2 Å². The lowest BCUT2D eigenvalue weighted by molar-refractivity contribution is -0.384. The first kappa shape index (κ1) is 81.5. The van der Waals surface area contributed by atoms with Gasteiger partial charge in [-0.2, -0.15) is 0 Å². The van der Waals surface area contributed by atoms with E-state index >= 15 is 28.8 Å². The topological polar surface area (TPSA) is 502 Å². The molecule has 0 spiro atoms. The predicted molar refractivity (Wildman–Crippen MR) is 400 cm³/mol. The Balaban J connectivity index is 0.956. The Morgan fingerprint density at radius 2 is 1.31 bits per heavy atom. The standard InChI is InChI=1S/C80H85Cl2N7O25/c1-33(2)14-52(88(3)80(107)110-32-34-4-9-44(10-5-34)89(108)109)77(105)86-67-55(94)23-43(26-63(83)97)75(103)84-65-42-24-60(111-58-12-7-38(69(67)98)21-50(58)81)74(114-79-73(102)72(101)71(100)62(31-90)113-79)61(25-42)112-59-13-8-39(22-51(59)82)70(99)68-78(106)85-66(57(96)29-46-40-16-35-15-36(18-40)19-41(46)17-35)49-27-45(91)28-54(93)64(49)48-20-37(6-11-53(48)92)47(30-56(65)95)76(104)87-68/h4-13,20-22,24-25,27-28,33,35-36,40-41,43,46-47,52,62,65-73,79,90-93,98-102H,14-19,23,26,29-32H2,1-3H3,(H2,83,97)(H,84,103)(H,85,106)(H,86,105)(H,87,104)/t35?,36?,40?,41?,43-,46?,47+,52+,62+,65+,66-,67-,68-,69+,70+,71+,72-,73+,79-/m0/s1. The number of hydrogen-bond donors (Lipinski definition) is 14. The van der Waals surface area contributed by atoms with Crippen molar-refractivity contribution in [1.29, 1.82) is 0 Å². The number of Topliss-reactive ketones (excluding diaryl/α,β-unsaturated/α-hetero) is 3. The number of hydrogen-bond acceptors (Lipinski definition) is 25. The predicted octanol–water partition coefficient (Wildman–Crippen LogP) is 6.75. The number of aliphatic hydroxyl groups is 6. The number of aliphatic hydroxyl groups excluding tert-OH is 6. The summed E-state index contributed by atoms with van der Waals surface area (Å²) in [4.78, 5) is 148. The number of halogens is 2. The van der Waals surface area contributed by atoms with Crippen molar-refractivity contribution in [3.8, 4) is 57.1 Å². The SMILES string of the molecule is CC(C)C[C@H](C(=O)N[C@H]1C(=O)C[C@@H](CC(N)=O)C(=O)N[C@H]2C(=O)C[C@H]3C(=O)N[C@H](C(=O)N[C@H](C(=O)CC4C5CC6CC(C5)CC4C6)c4cc(O)cc(O)c4-c4cc3ccc4O)[C@H](O)c3ccc(c(Cl)c3)Oc3cc2cc(c3O[C@@H]2O[C@H](CO)[C@@H](O)[C@H](O)[C@H]2O)Oc2ccc(cc2Cl)[C@H]1O)N(C)C(=O)OCc1ccc([N+](=O)[O-])cc1. The third kappa shape index (κ3) is 17.0. The zero-order chi connectivity index (χ0) is 81.7. The molecule has 4 saturated carbocycles. The summed E-state index contributed by atoms with van der Waals surface area (Å²) in [6, 6.07) is 10.1. The molecule has 14 atom stereocenters. The molecule has 10 aliphatic rings. The van der Waals surface area contributed by atoms with E-state index in [1.54, 1.807) is 13.8 Å². The molecule has 15 N–H and O–H groups in total. The van der Waals surface area contributed by atoms with Crippen LogP contribution in [0, 0.1) is 51.5 Å². The molecule has 34 heteroatoms. The minimum absolute atomic E-state index is 0.0797. The van der Waals surface area contributed by atoms with Crippen LogP contribution in [0.15, 0.2) is 103 Å². The Bertz CT molecular complexity index is 4790. The highest BCUT2D eigenvalue weighted by molar-refractivity contribution is 6.32. The molecule has 16 rings (SSSR count). The van der Waals surface area contributed by atoms with Gasteiger partial charge < -0.3 is 96.6 Å². The zero-order valence-corrected chi connectivity index (χ0v) is 63.1. The Morgan fingerprint density at radius 1 is 0.684 bits per heavy atom. The van der Waals surface area contributed by atoms with Crippen molar-refractivity contribution < 1.29 is 118 Å². The maximum atomic E-state index is 16.3. The van der Waals surface area contributed by atoms with E-state index in [-0.39, 0.29) is 92.1 Å². The number of ether oxygens (including phenoxy) is 5. The number of rotatable bonds is 16. The molecule has 0 radical (unpaired) electrons. The van der Waals surface area contributed by atoms with Crippen molar-refractivity contribution in [2.75, 3.05) is 13.7 Å². The number of nitro groups is 1. The van der Waals surface area contributed by atoms with Gasteiger partial charge >= 0.3 is 6.09 Å². The lowest BCUT2D eigenvalue weighted by Gasteiger charge is -2.54. The number of nitro benzene ring substituents is 1. The molecular weight excluding hydrogens is 1530 g/mol. The average Bonchev–Trinajstić information content (AvgIpc) is 0.757. The largest absolute Gasteiger partial charge is 0.508 e. The van der Waals surface area contributed by atoms with Crippen LogP contribution in [0.4, 0.5) is 10.5 Å². The second-order valence-electron chi connectivity index (χ2n) is 31.0. The number of phenols is 3. The number of phenolic OH excluding ortho intramolecular Hbond substituents is 3. The Labute approximate surface area is 660 Å². The van der Waals surface area contributed by atoms with E-state index < -0.39 is 220 Å². The maximum absolute atomic E-state index is 16.3. The minimum atomic E-state index is -2.22. The van der Waals surface area contributed by atoms with Crippen LogP contribution in [0.5, 0.6) is 46.0 Å². The normalized spacial score (nSPS) is 28.2. The molecular formula is C80H85Cl2N7O25. The molecule has 32 nitrogen and oxygen atoms in total. The molecule has 6 heterocycles. The van der Waals surface area contributed by atoms with Gasteiger partial charge in [0, 0.05) is 62.1 Å². The minimum Gasteiger partial charge on any atom is -0.508 e. The summed E-state index contributed by atoms with van der Waals surface area (Å²) in [6.45, 7) is 2.05. The molecule has 6 aliphatic heterocycles. The highest BCUT2D eigenvalue weighted by atomic mass is 35.5. The summed E-state index contributed by atoms with van der Waals surface area (Å²) < 4.78 is 30.9. The molecule has 0 aromatic heterocycles. The molecule has 6 aromatic carbocycles. The van der Waals surface area contributed by atoms with Gasteiger partial charge in [-0.05, 0) is 174 Å². The molecule has 5 fully saturated rings. The number of nitrogens with one attached hydrogen (secondary N) is 4. The number of benzene rings is 6. The zero-order valence-electron chi connectivity index (χ0n) is 61.6. The molecule has 114 heavy (non-hydrogen) atoms. The van der Waals surface area contributed by atoms with Crippen LogP contribution >= 0.6 is 23.2 Å². The Kier molecular flexibility index (Phi) is 23.9. The quantitative estimate of drug-likeness (QED) is 0.0352. The summed E-state index contributed by atoms with van der Waals surface area (Å²) >= 11 is 14.2. The number of nitrogens with two attached hydrogens (primary N) is 1. The van der Waals surface area contributed by atoms with Gasteiger partial charge in [0.15, 0.2) is 28.8 Å². The third-order valence-electron chi connectivity index (χ3n) is 22.8. The summed E-state index contributed by atoms with van der Waals surface area (Å²) in [7, 11) is 1.22. The Hall–Kier alpha value is -10.6. The first-order valence-corrected chi connectivity index (χ1v) is 38.0. The van der Waals surface area contributed by atoms with E-state index in [4.69, 9.17) is 52.6 Å². The Morgan fingerprint density at radius 3 is 1.90 bits per heavy atom. The fourth-order valence-electron chi connectivity index (χ4n) is 17.2. The van der Waals surface area contributed by atoms with Crippen LogP contribution in [-0.4, -0.2) is 171 Å². The lowest BCUT2D eigenvalue weighted by atomic mass is 9.51. The summed E-state index contributed by atoms with van der Waals surface area (Å²) in [5.74, 6) is -16.4. The van der Waals surface area contributed by atoms with Gasteiger partial charge in [-0.3, -0.25) is 53.4 Å². The van der Waals surface area contributed by atoms with E-state index in [9.17, 15) is 70.5 Å². The monoisotopic (exact) mass is 1610 g/mol. The highest BCUT2D eigenvalue weighted by Crippen LogP contribution is 2.58. The number of ketones is 3.